The van der Waals surface area contributed by atoms with Crippen LogP contribution in [0.4, 0.5) is 0 Å². The van der Waals surface area contributed by atoms with Crippen LogP contribution in [0.3, 0.4) is 0 Å². The predicted molar refractivity (Wildman–Crippen MR) is 83.9 cm³/mol. The molecule has 1 nitrogen and oxygen atoms in total. The topological polar surface area (TPSA) is 20.2 Å². The van der Waals surface area contributed by atoms with Gasteiger partial charge in [-0.1, -0.05) is 18.6 Å². The summed E-state index contributed by atoms with van der Waals surface area (Å²) in [5.74, 6) is 0.597. The number of aliphatic hydroxyl groups excluding tert-OH is 1. The quantitative estimate of drug-likeness (QED) is 0.757. The van der Waals surface area contributed by atoms with Gasteiger partial charge >= 0.3 is 0 Å². The summed E-state index contributed by atoms with van der Waals surface area (Å²) in [5.41, 5.74) is 2.74. The molecule has 1 saturated carbocycles. The minimum absolute atomic E-state index is 0.0320. The van der Waals surface area contributed by atoms with Gasteiger partial charge in [0.2, 0.25) is 0 Å². The summed E-state index contributed by atoms with van der Waals surface area (Å²) < 4.78 is 1.32. The van der Waals surface area contributed by atoms with Gasteiger partial charge in [0, 0.05) is 9.65 Å². The molecule has 1 fully saturated rings. The van der Waals surface area contributed by atoms with Gasteiger partial charge in [0.05, 0.1) is 6.10 Å². The summed E-state index contributed by atoms with van der Waals surface area (Å²) in [7, 11) is 0. The SMILES string of the molecule is CSC(SC)=C1CC[C@@]2(C(C)=CCC[C@H]2C)C1O. The van der Waals surface area contributed by atoms with Crippen LogP contribution in [0, 0.1) is 11.3 Å². The lowest BCUT2D eigenvalue weighted by molar-refractivity contribution is 0.0504. The molecule has 3 atom stereocenters. The Bertz CT molecular complexity index is 380. The lowest BCUT2D eigenvalue weighted by Crippen LogP contribution is -2.40. The molecular formula is C15H24OS2. The maximum atomic E-state index is 10.9. The fourth-order valence-corrected chi connectivity index (χ4v) is 5.42. The Morgan fingerprint density at radius 2 is 2.06 bits per heavy atom. The molecule has 0 aliphatic heterocycles. The fourth-order valence-electron chi connectivity index (χ4n) is 3.80. The molecule has 18 heavy (non-hydrogen) atoms. The highest BCUT2D eigenvalue weighted by Crippen LogP contribution is 2.56. The number of rotatable bonds is 2. The van der Waals surface area contributed by atoms with Gasteiger partial charge in [0.25, 0.3) is 0 Å². The minimum atomic E-state index is -0.265. The number of hydrogen-bond donors (Lipinski definition) is 1. The maximum absolute atomic E-state index is 10.9. The third-order valence-corrected chi connectivity index (χ3v) is 7.19. The third-order valence-electron chi connectivity index (χ3n) is 4.92. The summed E-state index contributed by atoms with van der Waals surface area (Å²) in [6.07, 6.45) is 10.9. The van der Waals surface area contributed by atoms with Crippen molar-refractivity contribution < 1.29 is 5.11 Å². The van der Waals surface area contributed by atoms with E-state index in [0.29, 0.717) is 5.92 Å². The molecule has 0 amide bonds. The van der Waals surface area contributed by atoms with Crippen molar-refractivity contribution in [3.8, 4) is 0 Å². The normalized spacial score (nSPS) is 36.1. The Kier molecular flexibility index (Phi) is 4.56. The standard InChI is InChI=1S/C15H24OS2/c1-10-6-5-7-11(2)15(10)9-8-12(13(15)16)14(17-3)18-4/h6,11,13,16H,5,7-9H2,1-4H3/t11-,13?,15+/m1/s1. The number of aliphatic hydroxyl groups is 1. The van der Waals surface area contributed by atoms with E-state index < -0.39 is 0 Å². The molecule has 0 heterocycles. The van der Waals surface area contributed by atoms with E-state index in [-0.39, 0.29) is 11.5 Å². The fraction of sp³-hybridized carbons (Fsp3) is 0.733. The van der Waals surface area contributed by atoms with Crippen molar-refractivity contribution in [2.75, 3.05) is 12.5 Å². The Hall–Kier alpha value is 0.140. The van der Waals surface area contributed by atoms with Crippen molar-refractivity contribution in [1.82, 2.24) is 0 Å². The van der Waals surface area contributed by atoms with Crippen molar-refractivity contribution in [3.05, 3.63) is 21.5 Å². The molecule has 0 aromatic carbocycles. The van der Waals surface area contributed by atoms with Gasteiger partial charge in [0.1, 0.15) is 0 Å². The monoisotopic (exact) mass is 284 g/mol. The zero-order chi connectivity index (χ0) is 13.3. The van der Waals surface area contributed by atoms with Gasteiger partial charge in [-0.2, -0.15) is 0 Å². The first-order valence-electron chi connectivity index (χ1n) is 6.74. The average Bonchev–Trinajstić information content (AvgIpc) is 2.69. The molecule has 1 unspecified atom stereocenters. The van der Waals surface area contributed by atoms with Gasteiger partial charge in [0.15, 0.2) is 0 Å². The lowest BCUT2D eigenvalue weighted by Gasteiger charge is -2.42. The molecule has 102 valence electrons. The predicted octanol–water partition coefficient (Wildman–Crippen LogP) is 4.44. The van der Waals surface area contributed by atoms with Crippen LogP contribution >= 0.6 is 23.5 Å². The maximum Gasteiger partial charge on any atom is 0.0864 e. The largest absolute Gasteiger partial charge is 0.388 e. The van der Waals surface area contributed by atoms with Crippen LogP contribution < -0.4 is 0 Å². The van der Waals surface area contributed by atoms with E-state index in [2.05, 4.69) is 32.4 Å². The second-order valence-electron chi connectivity index (χ2n) is 5.53. The van der Waals surface area contributed by atoms with Crippen LogP contribution in [0.25, 0.3) is 0 Å². The molecule has 1 N–H and O–H groups in total. The smallest absolute Gasteiger partial charge is 0.0864 e. The van der Waals surface area contributed by atoms with Gasteiger partial charge in [-0.3, -0.25) is 0 Å². The molecule has 0 radical (unpaired) electrons. The molecule has 0 saturated heterocycles. The van der Waals surface area contributed by atoms with E-state index in [1.54, 1.807) is 23.5 Å². The zero-order valence-electron chi connectivity index (χ0n) is 11.8. The average molecular weight is 284 g/mol. The first-order valence-corrected chi connectivity index (χ1v) is 9.19. The van der Waals surface area contributed by atoms with E-state index in [4.69, 9.17) is 0 Å². The molecule has 2 rings (SSSR count). The summed E-state index contributed by atoms with van der Waals surface area (Å²) >= 11 is 3.57. The van der Waals surface area contributed by atoms with E-state index in [9.17, 15) is 5.11 Å². The van der Waals surface area contributed by atoms with Crippen molar-refractivity contribution in [2.45, 2.75) is 45.6 Å². The summed E-state index contributed by atoms with van der Waals surface area (Å²) in [6.45, 7) is 4.54. The first-order chi connectivity index (χ1) is 8.57. The number of thioether (sulfide) groups is 2. The van der Waals surface area contributed by atoms with E-state index in [0.717, 1.165) is 12.8 Å². The van der Waals surface area contributed by atoms with Crippen LogP contribution in [0.2, 0.25) is 0 Å². The number of allylic oxidation sites excluding steroid dienone is 1. The van der Waals surface area contributed by atoms with Gasteiger partial charge < -0.3 is 5.11 Å². The molecule has 0 bridgehead atoms. The van der Waals surface area contributed by atoms with Crippen LogP contribution in [-0.4, -0.2) is 23.7 Å². The van der Waals surface area contributed by atoms with Crippen molar-refractivity contribution in [3.63, 3.8) is 0 Å². The molecule has 0 aromatic heterocycles. The van der Waals surface area contributed by atoms with Crippen LogP contribution in [-0.2, 0) is 0 Å². The molecular weight excluding hydrogens is 260 g/mol. The minimum Gasteiger partial charge on any atom is -0.388 e. The Balaban J connectivity index is 2.41. The summed E-state index contributed by atoms with van der Waals surface area (Å²) in [5, 5.41) is 10.9. The van der Waals surface area contributed by atoms with Crippen molar-refractivity contribution in [1.29, 1.82) is 0 Å². The van der Waals surface area contributed by atoms with Gasteiger partial charge in [-0.15, -0.1) is 23.5 Å². The molecule has 1 spiro atoms. The highest BCUT2D eigenvalue weighted by Gasteiger charge is 2.51. The Labute approximate surface area is 119 Å². The van der Waals surface area contributed by atoms with Crippen molar-refractivity contribution >= 4 is 23.5 Å². The second kappa shape index (κ2) is 5.64. The van der Waals surface area contributed by atoms with E-state index in [1.807, 2.05) is 0 Å². The summed E-state index contributed by atoms with van der Waals surface area (Å²) in [6, 6.07) is 0. The van der Waals surface area contributed by atoms with Crippen LogP contribution in [0.5, 0.6) is 0 Å². The van der Waals surface area contributed by atoms with Crippen LogP contribution in [0.15, 0.2) is 21.5 Å². The zero-order valence-corrected chi connectivity index (χ0v) is 13.5. The van der Waals surface area contributed by atoms with Crippen LogP contribution in [0.1, 0.15) is 39.5 Å². The Morgan fingerprint density at radius 3 is 2.61 bits per heavy atom. The van der Waals surface area contributed by atoms with Crippen molar-refractivity contribution in [2.24, 2.45) is 11.3 Å². The molecule has 2 aliphatic rings. The van der Waals surface area contributed by atoms with Gasteiger partial charge in [-0.05, 0) is 56.6 Å². The highest BCUT2D eigenvalue weighted by molar-refractivity contribution is 8.21. The second-order valence-corrected chi connectivity index (χ2v) is 7.42. The molecule has 2 aliphatic carbocycles. The van der Waals surface area contributed by atoms with E-state index >= 15 is 0 Å². The molecule has 3 heteroatoms. The number of hydrogen-bond acceptors (Lipinski definition) is 3. The van der Waals surface area contributed by atoms with Gasteiger partial charge in [-0.25, -0.2) is 0 Å². The third kappa shape index (κ3) is 2.08. The molecule has 0 aromatic rings. The first kappa shape index (κ1) is 14.5. The highest BCUT2D eigenvalue weighted by atomic mass is 32.2. The van der Waals surface area contributed by atoms with E-state index in [1.165, 1.54) is 28.2 Å². The summed E-state index contributed by atoms with van der Waals surface area (Å²) in [4.78, 5) is 0. The lowest BCUT2D eigenvalue weighted by atomic mass is 9.64. The Morgan fingerprint density at radius 1 is 1.39 bits per heavy atom.